The molecule has 0 bridgehead atoms. The van der Waals surface area contributed by atoms with E-state index in [-0.39, 0.29) is 0 Å². The van der Waals surface area contributed by atoms with Crippen LogP contribution in [0.1, 0.15) is 31.0 Å². The van der Waals surface area contributed by atoms with Gasteiger partial charge in [0.25, 0.3) is 0 Å². The minimum atomic E-state index is 0.644. The lowest BCUT2D eigenvalue weighted by molar-refractivity contribution is 0.0812. The van der Waals surface area contributed by atoms with Crippen LogP contribution >= 0.6 is 0 Å². The summed E-state index contributed by atoms with van der Waals surface area (Å²) < 4.78 is 0. The molecular formula is C13H21N3. The Balaban J connectivity index is 1.77. The SMILES string of the molecule is c1c[nH]c([C@H](C2CCC2)N2CCNCC2)c1. The minimum absolute atomic E-state index is 0.644. The Labute approximate surface area is 97.2 Å². The fourth-order valence-electron chi connectivity index (χ4n) is 2.99. The highest BCUT2D eigenvalue weighted by Crippen LogP contribution is 2.40. The van der Waals surface area contributed by atoms with E-state index in [4.69, 9.17) is 0 Å². The molecule has 3 nitrogen and oxygen atoms in total. The van der Waals surface area contributed by atoms with Gasteiger partial charge in [0.05, 0.1) is 6.04 Å². The van der Waals surface area contributed by atoms with E-state index >= 15 is 0 Å². The van der Waals surface area contributed by atoms with E-state index in [9.17, 15) is 0 Å². The first-order valence-electron chi connectivity index (χ1n) is 6.53. The molecule has 1 saturated heterocycles. The maximum Gasteiger partial charge on any atom is 0.0527 e. The van der Waals surface area contributed by atoms with Gasteiger partial charge in [-0.3, -0.25) is 4.90 Å². The summed E-state index contributed by atoms with van der Waals surface area (Å²) in [5, 5.41) is 3.44. The predicted octanol–water partition coefficient (Wildman–Crippen LogP) is 1.76. The Morgan fingerprint density at radius 1 is 1.25 bits per heavy atom. The van der Waals surface area contributed by atoms with Crippen LogP contribution in [0.25, 0.3) is 0 Å². The molecular weight excluding hydrogens is 198 g/mol. The van der Waals surface area contributed by atoms with Crippen LogP contribution in [-0.2, 0) is 0 Å². The van der Waals surface area contributed by atoms with Crippen molar-refractivity contribution in [3.8, 4) is 0 Å². The average Bonchev–Trinajstić information content (AvgIpc) is 2.77. The van der Waals surface area contributed by atoms with Gasteiger partial charge in [0.1, 0.15) is 0 Å². The smallest absolute Gasteiger partial charge is 0.0527 e. The standard InChI is InChI=1S/C13H21N3/c1-3-11(4-1)13(12-5-2-6-15-12)16-9-7-14-8-10-16/h2,5-6,11,13-15H,1,3-4,7-10H2/t13-/m0/s1. The third-order valence-corrected chi connectivity index (χ3v) is 4.08. The van der Waals surface area contributed by atoms with Gasteiger partial charge < -0.3 is 10.3 Å². The molecule has 3 heteroatoms. The number of hydrogen-bond acceptors (Lipinski definition) is 2. The molecule has 2 heterocycles. The molecule has 0 aromatic carbocycles. The maximum absolute atomic E-state index is 3.44. The van der Waals surface area contributed by atoms with Crippen molar-refractivity contribution < 1.29 is 0 Å². The van der Waals surface area contributed by atoms with Crippen LogP contribution in [0, 0.1) is 5.92 Å². The molecule has 1 aromatic heterocycles. The predicted molar refractivity (Wildman–Crippen MR) is 65.3 cm³/mol. The lowest BCUT2D eigenvalue weighted by Gasteiger charge is -2.42. The number of nitrogens with one attached hydrogen (secondary N) is 2. The number of nitrogens with zero attached hydrogens (tertiary/aromatic N) is 1. The highest BCUT2D eigenvalue weighted by molar-refractivity contribution is 5.12. The second-order valence-corrected chi connectivity index (χ2v) is 5.05. The molecule has 1 atom stereocenters. The van der Waals surface area contributed by atoms with E-state index in [0.717, 1.165) is 19.0 Å². The van der Waals surface area contributed by atoms with Crippen molar-refractivity contribution in [2.24, 2.45) is 5.92 Å². The lowest BCUT2D eigenvalue weighted by Crippen LogP contribution is -2.47. The lowest BCUT2D eigenvalue weighted by atomic mass is 9.77. The molecule has 2 fully saturated rings. The molecule has 16 heavy (non-hydrogen) atoms. The Morgan fingerprint density at radius 3 is 2.62 bits per heavy atom. The van der Waals surface area contributed by atoms with Crippen LogP contribution in [0.5, 0.6) is 0 Å². The second kappa shape index (κ2) is 4.60. The van der Waals surface area contributed by atoms with Gasteiger partial charge in [-0.2, -0.15) is 0 Å². The summed E-state index contributed by atoms with van der Waals surface area (Å²) in [4.78, 5) is 6.08. The van der Waals surface area contributed by atoms with Crippen LogP contribution in [0.4, 0.5) is 0 Å². The molecule has 2 N–H and O–H groups in total. The summed E-state index contributed by atoms with van der Waals surface area (Å²) in [5.41, 5.74) is 1.42. The van der Waals surface area contributed by atoms with E-state index in [0.29, 0.717) is 6.04 Å². The number of rotatable bonds is 3. The van der Waals surface area contributed by atoms with E-state index in [1.54, 1.807) is 0 Å². The second-order valence-electron chi connectivity index (χ2n) is 5.05. The quantitative estimate of drug-likeness (QED) is 0.811. The molecule has 0 amide bonds. The van der Waals surface area contributed by atoms with Crippen LogP contribution in [0.3, 0.4) is 0 Å². The zero-order valence-corrected chi connectivity index (χ0v) is 9.78. The summed E-state index contributed by atoms with van der Waals surface area (Å²) in [6.45, 7) is 4.67. The van der Waals surface area contributed by atoms with Crippen molar-refractivity contribution in [3.05, 3.63) is 24.0 Å². The first-order valence-corrected chi connectivity index (χ1v) is 6.53. The van der Waals surface area contributed by atoms with Crippen LogP contribution < -0.4 is 5.32 Å². The molecule has 2 aliphatic rings. The monoisotopic (exact) mass is 219 g/mol. The number of H-pyrrole nitrogens is 1. The minimum Gasteiger partial charge on any atom is -0.364 e. The van der Waals surface area contributed by atoms with Crippen molar-refractivity contribution >= 4 is 0 Å². The molecule has 1 saturated carbocycles. The van der Waals surface area contributed by atoms with Crippen molar-refractivity contribution in [1.82, 2.24) is 15.2 Å². The van der Waals surface area contributed by atoms with E-state index in [1.165, 1.54) is 38.0 Å². The normalized spacial score (nSPS) is 25.2. The third kappa shape index (κ3) is 1.89. The Kier molecular flexibility index (Phi) is 2.98. The Hall–Kier alpha value is -0.800. The van der Waals surface area contributed by atoms with Crippen molar-refractivity contribution in [1.29, 1.82) is 0 Å². The molecule has 88 valence electrons. The van der Waals surface area contributed by atoms with Gasteiger partial charge in [0.15, 0.2) is 0 Å². The maximum atomic E-state index is 3.44. The van der Waals surface area contributed by atoms with E-state index in [2.05, 4.69) is 33.5 Å². The molecule has 1 aliphatic carbocycles. The number of hydrogen-bond donors (Lipinski definition) is 2. The van der Waals surface area contributed by atoms with Gasteiger partial charge in [-0.25, -0.2) is 0 Å². The van der Waals surface area contributed by atoms with Gasteiger partial charge in [0, 0.05) is 38.1 Å². The topological polar surface area (TPSA) is 31.1 Å². The largest absolute Gasteiger partial charge is 0.364 e. The highest BCUT2D eigenvalue weighted by atomic mass is 15.2. The van der Waals surface area contributed by atoms with Gasteiger partial charge in [-0.05, 0) is 30.9 Å². The average molecular weight is 219 g/mol. The van der Waals surface area contributed by atoms with Crippen LogP contribution in [-0.4, -0.2) is 36.1 Å². The van der Waals surface area contributed by atoms with Gasteiger partial charge >= 0.3 is 0 Å². The van der Waals surface area contributed by atoms with Gasteiger partial charge in [0.2, 0.25) is 0 Å². The summed E-state index contributed by atoms with van der Waals surface area (Å²) in [7, 11) is 0. The molecule has 1 aliphatic heterocycles. The summed E-state index contributed by atoms with van der Waals surface area (Å²) in [5.74, 6) is 0.886. The number of aromatic nitrogens is 1. The highest BCUT2D eigenvalue weighted by Gasteiger charge is 2.33. The summed E-state index contributed by atoms with van der Waals surface area (Å²) in [6, 6.07) is 5.03. The molecule has 0 unspecified atom stereocenters. The Morgan fingerprint density at radius 2 is 2.06 bits per heavy atom. The first kappa shape index (κ1) is 10.4. The Bertz CT molecular complexity index is 310. The number of aromatic amines is 1. The van der Waals surface area contributed by atoms with Crippen molar-refractivity contribution in [2.75, 3.05) is 26.2 Å². The summed E-state index contributed by atoms with van der Waals surface area (Å²) in [6.07, 6.45) is 6.30. The third-order valence-electron chi connectivity index (χ3n) is 4.08. The van der Waals surface area contributed by atoms with Crippen molar-refractivity contribution in [3.63, 3.8) is 0 Å². The van der Waals surface area contributed by atoms with Gasteiger partial charge in [-0.15, -0.1) is 0 Å². The first-order chi connectivity index (χ1) is 7.95. The van der Waals surface area contributed by atoms with Crippen molar-refractivity contribution in [2.45, 2.75) is 25.3 Å². The fraction of sp³-hybridized carbons (Fsp3) is 0.692. The van der Waals surface area contributed by atoms with Gasteiger partial charge in [-0.1, -0.05) is 6.42 Å². The number of piperazine rings is 1. The van der Waals surface area contributed by atoms with E-state index in [1.807, 2.05) is 0 Å². The fourth-order valence-corrected chi connectivity index (χ4v) is 2.99. The molecule has 1 aromatic rings. The zero-order valence-electron chi connectivity index (χ0n) is 9.78. The van der Waals surface area contributed by atoms with Crippen LogP contribution in [0.2, 0.25) is 0 Å². The summed E-state index contributed by atoms with van der Waals surface area (Å²) >= 11 is 0. The zero-order chi connectivity index (χ0) is 10.8. The molecule has 3 rings (SSSR count). The van der Waals surface area contributed by atoms with E-state index < -0.39 is 0 Å². The molecule has 0 radical (unpaired) electrons. The van der Waals surface area contributed by atoms with Crippen LogP contribution in [0.15, 0.2) is 18.3 Å². The molecule has 0 spiro atoms.